The van der Waals surface area contributed by atoms with Crippen LogP contribution in [0.15, 0.2) is 12.3 Å². The van der Waals surface area contributed by atoms with Crippen LogP contribution in [0.2, 0.25) is 0 Å². The van der Waals surface area contributed by atoms with Crippen molar-refractivity contribution in [3.63, 3.8) is 0 Å². The summed E-state index contributed by atoms with van der Waals surface area (Å²) in [6, 6.07) is 3.07. The van der Waals surface area contributed by atoms with Gasteiger partial charge in [-0.05, 0) is 76.5 Å². The van der Waals surface area contributed by atoms with Crippen LogP contribution in [-0.2, 0) is 6.54 Å². The Labute approximate surface area is 129 Å². The minimum atomic E-state index is 0.151. The Bertz CT molecular complexity index is 496. The molecule has 0 aliphatic heterocycles. The Morgan fingerprint density at radius 1 is 1.24 bits per heavy atom. The van der Waals surface area contributed by atoms with Gasteiger partial charge in [0.2, 0.25) is 0 Å². The van der Waals surface area contributed by atoms with E-state index in [9.17, 15) is 0 Å². The molecule has 2 aliphatic carbocycles. The van der Waals surface area contributed by atoms with Gasteiger partial charge in [0.25, 0.3) is 0 Å². The topological polar surface area (TPSA) is 28.2 Å². The molecule has 1 aromatic heterocycles. The predicted molar refractivity (Wildman–Crippen MR) is 88.7 cm³/mol. The van der Waals surface area contributed by atoms with Gasteiger partial charge in [0.15, 0.2) is 0 Å². The van der Waals surface area contributed by atoms with Gasteiger partial charge in [-0.25, -0.2) is 4.98 Å². The van der Waals surface area contributed by atoms with Crippen LogP contribution in [0.5, 0.6) is 0 Å². The number of aromatic nitrogens is 1. The summed E-state index contributed by atoms with van der Waals surface area (Å²) in [5.74, 6) is 2.15. The van der Waals surface area contributed by atoms with Crippen LogP contribution in [0.3, 0.4) is 0 Å². The molecule has 0 aromatic carbocycles. The van der Waals surface area contributed by atoms with Crippen LogP contribution in [0.1, 0.15) is 57.6 Å². The van der Waals surface area contributed by atoms with Gasteiger partial charge in [-0.1, -0.05) is 0 Å². The Kier molecular flexibility index (Phi) is 3.96. The monoisotopic (exact) mass is 287 g/mol. The van der Waals surface area contributed by atoms with Crippen molar-refractivity contribution in [3.8, 4) is 0 Å². The molecule has 0 amide bonds. The molecule has 3 rings (SSSR count). The molecule has 0 radical (unpaired) electrons. The van der Waals surface area contributed by atoms with Crippen molar-refractivity contribution in [3.05, 3.63) is 23.4 Å². The third kappa shape index (κ3) is 4.19. The van der Waals surface area contributed by atoms with Gasteiger partial charge in [0, 0.05) is 30.9 Å². The number of nitrogens with zero attached hydrogens (tertiary/aromatic N) is 2. The van der Waals surface area contributed by atoms with E-state index >= 15 is 0 Å². The van der Waals surface area contributed by atoms with Gasteiger partial charge < -0.3 is 10.2 Å². The average molecular weight is 287 g/mol. The Hall–Kier alpha value is -1.09. The maximum atomic E-state index is 4.81. The molecule has 1 heterocycles. The highest BCUT2D eigenvalue weighted by Crippen LogP contribution is 2.38. The standard InChI is InChI=1S/C18H29N3/c1-13-9-15(11-20-18(2,3)4)10-19-17(13)21(16-7-8-16)12-14-5-6-14/h9-10,14,16,20H,5-8,11-12H2,1-4H3. The minimum absolute atomic E-state index is 0.151. The van der Waals surface area contributed by atoms with Gasteiger partial charge in [-0.3, -0.25) is 0 Å². The van der Waals surface area contributed by atoms with Crippen molar-refractivity contribution >= 4 is 5.82 Å². The number of hydrogen-bond donors (Lipinski definition) is 1. The third-order valence-corrected chi connectivity index (χ3v) is 4.34. The summed E-state index contributed by atoms with van der Waals surface area (Å²) in [7, 11) is 0. The maximum absolute atomic E-state index is 4.81. The van der Waals surface area contributed by atoms with Gasteiger partial charge in [0.1, 0.15) is 5.82 Å². The van der Waals surface area contributed by atoms with E-state index in [-0.39, 0.29) is 5.54 Å². The lowest BCUT2D eigenvalue weighted by Crippen LogP contribution is -2.35. The molecule has 21 heavy (non-hydrogen) atoms. The lowest BCUT2D eigenvalue weighted by Gasteiger charge is -2.26. The van der Waals surface area contributed by atoms with E-state index in [1.54, 1.807) is 0 Å². The summed E-state index contributed by atoms with van der Waals surface area (Å²) < 4.78 is 0. The fourth-order valence-corrected chi connectivity index (χ4v) is 2.76. The van der Waals surface area contributed by atoms with Crippen molar-refractivity contribution in [1.82, 2.24) is 10.3 Å². The molecule has 2 saturated carbocycles. The van der Waals surface area contributed by atoms with E-state index in [2.05, 4.69) is 50.2 Å². The molecule has 1 N–H and O–H groups in total. The minimum Gasteiger partial charge on any atom is -0.353 e. The first-order chi connectivity index (χ1) is 9.92. The molecule has 116 valence electrons. The van der Waals surface area contributed by atoms with Gasteiger partial charge in [0.05, 0.1) is 0 Å². The fourth-order valence-electron chi connectivity index (χ4n) is 2.76. The van der Waals surface area contributed by atoms with E-state index in [1.165, 1.54) is 49.2 Å². The number of nitrogens with one attached hydrogen (secondary N) is 1. The Morgan fingerprint density at radius 2 is 1.95 bits per heavy atom. The SMILES string of the molecule is Cc1cc(CNC(C)(C)C)cnc1N(CC1CC1)C1CC1. The Balaban J connectivity index is 1.70. The molecule has 2 aliphatic rings. The first-order valence-electron chi connectivity index (χ1n) is 8.39. The smallest absolute Gasteiger partial charge is 0.131 e. The summed E-state index contributed by atoms with van der Waals surface area (Å²) in [4.78, 5) is 7.38. The number of anilines is 1. The number of hydrogen-bond acceptors (Lipinski definition) is 3. The second-order valence-electron chi connectivity index (χ2n) is 7.91. The highest BCUT2D eigenvalue weighted by molar-refractivity contribution is 5.49. The number of rotatable bonds is 6. The molecular formula is C18H29N3. The lowest BCUT2D eigenvalue weighted by molar-refractivity contribution is 0.424. The summed E-state index contributed by atoms with van der Waals surface area (Å²) in [5.41, 5.74) is 2.77. The van der Waals surface area contributed by atoms with Crippen molar-refractivity contribution < 1.29 is 0 Å². The molecule has 0 saturated heterocycles. The molecule has 3 heteroatoms. The lowest BCUT2D eigenvalue weighted by atomic mass is 10.1. The van der Waals surface area contributed by atoms with E-state index in [0.29, 0.717) is 0 Å². The first-order valence-corrected chi connectivity index (χ1v) is 8.39. The van der Waals surface area contributed by atoms with Crippen LogP contribution in [-0.4, -0.2) is 23.1 Å². The molecular weight excluding hydrogens is 258 g/mol. The van der Waals surface area contributed by atoms with Crippen LogP contribution in [0.25, 0.3) is 0 Å². The second-order valence-corrected chi connectivity index (χ2v) is 7.91. The zero-order valence-corrected chi connectivity index (χ0v) is 13.9. The van der Waals surface area contributed by atoms with Crippen molar-refractivity contribution in [1.29, 1.82) is 0 Å². The zero-order chi connectivity index (χ0) is 15.0. The maximum Gasteiger partial charge on any atom is 0.131 e. The van der Waals surface area contributed by atoms with E-state index in [4.69, 9.17) is 4.98 Å². The fraction of sp³-hybridized carbons (Fsp3) is 0.722. The number of aryl methyl sites for hydroxylation is 1. The van der Waals surface area contributed by atoms with E-state index in [0.717, 1.165) is 18.5 Å². The van der Waals surface area contributed by atoms with Crippen molar-refractivity contribution in [2.24, 2.45) is 5.92 Å². The number of pyridine rings is 1. The molecule has 0 unspecified atom stereocenters. The second kappa shape index (κ2) is 5.60. The highest BCUT2D eigenvalue weighted by Gasteiger charge is 2.35. The highest BCUT2D eigenvalue weighted by atomic mass is 15.2. The predicted octanol–water partition coefficient (Wildman–Crippen LogP) is 3.66. The zero-order valence-electron chi connectivity index (χ0n) is 13.9. The largest absolute Gasteiger partial charge is 0.353 e. The van der Waals surface area contributed by atoms with Gasteiger partial charge >= 0.3 is 0 Å². The normalized spacial score (nSPS) is 18.9. The molecule has 3 nitrogen and oxygen atoms in total. The van der Waals surface area contributed by atoms with E-state index in [1.807, 2.05) is 0 Å². The van der Waals surface area contributed by atoms with Crippen molar-refractivity contribution in [2.45, 2.75) is 71.5 Å². The molecule has 0 spiro atoms. The molecule has 0 atom stereocenters. The first kappa shape index (κ1) is 14.8. The van der Waals surface area contributed by atoms with Crippen LogP contribution in [0.4, 0.5) is 5.82 Å². The summed E-state index contributed by atoms with van der Waals surface area (Å²) in [5, 5.41) is 3.54. The molecule has 1 aromatic rings. The van der Waals surface area contributed by atoms with Gasteiger partial charge in [-0.2, -0.15) is 0 Å². The van der Waals surface area contributed by atoms with E-state index < -0.39 is 0 Å². The molecule has 2 fully saturated rings. The van der Waals surface area contributed by atoms with Gasteiger partial charge in [-0.15, -0.1) is 0 Å². The van der Waals surface area contributed by atoms with Crippen LogP contribution >= 0.6 is 0 Å². The van der Waals surface area contributed by atoms with Crippen LogP contribution < -0.4 is 10.2 Å². The van der Waals surface area contributed by atoms with Crippen molar-refractivity contribution in [2.75, 3.05) is 11.4 Å². The Morgan fingerprint density at radius 3 is 2.48 bits per heavy atom. The summed E-state index contributed by atoms with van der Waals surface area (Å²) >= 11 is 0. The average Bonchev–Trinajstić information content (AvgIpc) is 3.24. The van der Waals surface area contributed by atoms with Crippen LogP contribution in [0, 0.1) is 12.8 Å². The third-order valence-electron chi connectivity index (χ3n) is 4.34. The molecule has 0 bridgehead atoms. The summed E-state index contributed by atoms with van der Waals surface area (Å²) in [6.07, 6.45) is 7.58. The summed E-state index contributed by atoms with van der Waals surface area (Å²) in [6.45, 7) is 10.9. The quantitative estimate of drug-likeness (QED) is 0.865.